The van der Waals surface area contributed by atoms with Gasteiger partial charge in [-0.2, -0.15) is 0 Å². The fraction of sp³-hybridized carbons (Fsp3) is 0.0625. The fourth-order valence-electron chi connectivity index (χ4n) is 2.19. The lowest BCUT2D eigenvalue weighted by molar-refractivity contribution is 0.765. The molecule has 0 fully saturated rings. The van der Waals surface area contributed by atoms with E-state index in [0.29, 0.717) is 5.11 Å². The van der Waals surface area contributed by atoms with E-state index < -0.39 is 0 Å². The lowest BCUT2D eigenvalue weighted by Crippen LogP contribution is -2.40. The monoisotopic (exact) mass is 344 g/mol. The van der Waals surface area contributed by atoms with Gasteiger partial charge in [0.1, 0.15) is 0 Å². The number of hydrogen-bond donors (Lipinski definition) is 2. The van der Waals surface area contributed by atoms with Gasteiger partial charge in [0, 0.05) is 10.2 Å². The average molecular weight is 345 g/mol. The maximum atomic E-state index is 5.31. The summed E-state index contributed by atoms with van der Waals surface area (Å²) in [5, 5.41) is 7.15. The molecule has 0 radical (unpaired) electrons. The van der Waals surface area contributed by atoms with E-state index in [-0.39, 0.29) is 6.04 Å². The molecule has 0 saturated heterocycles. The smallest absolute Gasteiger partial charge is 0.171 e. The van der Waals surface area contributed by atoms with Crippen LogP contribution in [0.4, 0.5) is 0 Å². The molecule has 100 valence electrons. The summed E-state index contributed by atoms with van der Waals surface area (Å²) in [6.45, 7) is 0. The van der Waals surface area contributed by atoms with Crippen molar-refractivity contribution in [1.29, 1.82) is 0 Å². The summed E-state index contributed by atoms with van der Waals surface area (Å²) in [6.07, 6.45) is 2.16. The first-order valence-electron chi connectivity index (χ1n) is 6.32. The number of rotatable bonds is 2. The molecule has 0 aliphatic carbocycles. The van der Waals surface area contributed by atoms with E-state index in [1.54, 1.807) is 0 Å². The molecular formula is C16H13BrN2S. The van der Waals surface area contributed by atoms with Gasteiger partial charge in [-0.15, -0.1) is 0 Å². The second-order valence-corrected chi connectivity index (χ2v) is 5.90. The molecule has 0 unspecified atom stereocenters. The van der Waals surface area contributed by atoms with Gasteiger partial charge in [-0.25, -0.2) is 0 Å². The third-order valence-corrected chi connectivity index (χ3v) is 3.93. The number of halogens is 1. The molecule has 2 N–H and O–H groups in total. The first-order chi connectivity index (χ1) is 9.72. The van der Waals surface area contributed by atoms with E-state index in [4.69, 9.17) is 12.2 Å². The van der Waals surface area contributed by atoms with Crippen LogP contribution in [0.5, 0.6) is 0 Å². The van der Waals surface area contributed by atoms with E-state index in [9.17, 15) is 0 Å². The zero-order valence-electron chi connectivity index (χ0n) is 10.6. The standard InChI is InChI=1S/C16H13BrN2S/c17-13-8-6-12(7-9-13)15-10-14(18-16(20)19-15)11-4-2-1-3-5-11/h1-10,15H,(H2,18,19,20)/t15-/m1/s1. The highest BCUT2D eigenvalue weighted by Gasteiger charge is 2.18. The Hall–Kier alpha value is -1.65. The van der Waals surface area contributed by atoms with Gasteiger partial charge < -0.3 is 10.6 Å². The van der Waals surface area contributed by atoms with Gasteiger partial charge in [0.25, 0.3) is 0 Å². The summed E-state index contributed by atoms with van der Waals surface area (Å²) in [7, 11) is 0. The molecule has 0 saturated carbocycles. The molecule has 1 aliphatic heterocycles. The molecule has 0 aromatic heterocycles. The van der Waals surface area contributed by atoms with E-state index in [1.807, 2.05) is 30.3 Å². The Bertz CT molecular complexity index is 650. The SMILES string of the molecule is S=C1NC(c2ccccc2)=C[C@H](c2ccc(Br)cc2)N1. The Labute approximate surface area is 132 Å². The molecule has 3 rings (SSSR count). The van der Waals surface area contributed by atoms with Gasteiger partial charge in [0.15, 0.2) is 5.11 Å². The Morgan fingerprint density at radius 1 is 0.950 bits per heavy atom. The molecule has 1 aliphatic rings. The van der Waals surface area contributed by atoms with Crippen molar-refractivity contribution >= 4 is 39.0 Å². The minimum Gasteiger partial charge on any atom is -0.352 e. The van der Waals surface area contributed by atoms with Crippen LogP contribution in [0.3, 0.4) is 0 Å². The lowest BCUT2D eigenvalue weighted by Gasteiger charge is -2.26. The predicted molar refractivity (Wildman–Crippen MR) is 90.2 cm³/mol. The molecule has 20 heavy (non-hydrogen) atoms. The molecule has 0 amide bonds. The quantitative estimate of drug-likeness (QED) is 0.805. The molecule has 2 aromatic carbocycles. The summed E-state index contributed by atoms with van der Waals surface area (Å²) in [6, 6.07) is 18.6. The highest BCUT2D eigenvalue weighted by Crippen LogP contribution is 2.24. The van der Waals surface area contributed by atoms with Crippen LogP contribution in [0.15, 0.2) is 65.1 Å². The minimum absolute atomic E-state index is 0.0899. The molecule has 0 bridgehead atoms. The zero-order valence-corrected chi connectivity index (χ0v) is 13.0. The summed E-state index contributed by atoms with van der Waals surface area (Å²) in [5.41, 5.74) is 3.37. The van der Waals surface area contributed by atoms with Crippen LogP contribution >= 0.6 is 28.1 Å². The van der Waals surface area contributed by atoms with Crippen LogP contribution in [-0.2, 0) is 0 Å². The topological polar surface area (TPSA) is 24.1 Å². The number of nitrogens with one attached hydrogen (secondary N) is 2. The van der Waals surface area contributed by atoms with Crippen LogP contribution < -0.4 is 10.6 Å². The number of thiocarbonyl (C=S) groups is 1. The molecule has 4 heteroatoms. The summed E-state index contributed by atoms with van der Waals surface area (Å²) >= 11 is 8.77. The second-order valence-electron chi connectivity index (χ2n) is 4.57. The average Bonchev–Trinajstić information content (AvgIpc) is 2.48. The highest BCUT2D eigenvalue weighted by atomic mass is 79.9. The van der Waals surface area contributed by atoms with Crippen molar-refractivity contribution in [2.24, 2.45) is 0 Å². The van der Waals surface area contributed by atoms with Crippen LogP contribution in [0, 0.1) is 0 Å². The normalized spacial score (nSPS) is 17.9. The highest BCUT2D eigenvalue weighted by molar-refractivity contribution is 9.10. The Kier molecular flexibility index (Phi) is 3.85. The van der Waals surface area contributed by atoms with Crippen molar-refractivity contribution in [3.8, 4) is 0 Å². The van der Waals surface area contributed by atoms with Crippen molar-refractivity contribution < 1.29 is 0 Å². The molecule has 2 aromatic rings. The van der Waals surface area contributed by atoms with Crippen LogP contribution in [0.25, 0.3) is 5.70 Å². The first-order valence-corrected chi connectivity index (χ1v) is 7.53. The number of benzene rings is 2. The minimum atomic E-state index is 0.0899. The zero-order chi connectivity index (χ0) is 13.9. The van der Waals surface area contributed by atoms with Gasteiger partial charge in [-0.1, -0.05) is 58.4 Å². The Morgan fingerprint density at radius 2 is 1.65 bits per heavy atom. The maximum Gasteiger partial charge on any atom is 0.171 e. The molecule has 0 spiro atoms. The van der Waals surface area contributed by atoms with Gasteiger partial charge >= 0.3 is 0 Å². The maximum absolute atomic E-state index is 5.31. The van der Waals surface area contributed by atoms with Crippen molar-refractivity contribution in [3.63, 3.8) is 0 Å². The fourth-order valence-corrected chi connectivity index (χ4v) is 2.69. The van der Waals surface area contributed by atoms with Gasteiger partial charge in [0.05, 0.1) is 6.04 Å². The summed E-state index contributed by atoms with van der Waals surface area (Å²) < 4.78 is 1.07. The molecular weight excluding hydrogens is 332 g/mol. The van der Waals surface area contributed by atoms with Gasteiger partial charge in [-0.3, -0.25) is 0 Å². The van der Waals surface area contributed by atoms with Crippen LogP contribution in [-0.4, -0.2) is 5.11 Å². The van der Waals surface area contributed by atoms with Crippen molar-refractivity contribution in [3.05, 3.63) is 76.3 Å². The third-order valence-electron chi connectivity index (χ3n) is 3.18. The lowest BCUT2D eigenvalue weighted by atomic mass is 10.0. The molecule has 1 atom stereocenters. The predicted octanol–water partition coefficient (Wildman–Crippen LogP) is 4.01. The van der Waals surface area contributed by atoms with E-state index >= 15 is 0 Å². The Morgan fingerprint density at radius 3 is 2.35 bits per heavy atom. The van der Waals surface area contributed by atoms with E-state index in [0.717, 1.165) is 15.7 Å². The summed E-state index contributed by atoms with van der Waals surface area (Å²) in [5.74, 6) is 0. The first kappa shape index (κ1) is 13.3. The van der Waals surface area contributed by atoms with E-state index in [2.05, 4.69) is 56.9 Å². The Balaban J connectivity index is 1.95. The van der Waals surface area contributed by atoms with Crippen LogP contribution in [0.1, 0.15) is 17.2 Å². The van der Waals surface area contributed by atoms with Crippen molar-refractivity contribution in [1.82, 2.24) is 10.6 Å². The summed E-state index contributed by atoms with van der Waals surface area (Å²) in [4.78, 5) is 0. The largest absolute Gasteiger partial charge is 0.352 e. The number of hydrogen-bond acceptors (Lipinski definition) is 1. The van der Waals surface area contributed by atoms with Gasteiger partial charge in [0.2, 0.25) is 0 Å². The second kappa shape index (κ2) is 5.77. The van der Waals surface area contributed by atoms with Gasteiger partial charge in [-0.05, 0) is 41.6 Å². The molecule has 1 heterocycles. The molecule has 2 nitrogen and oxygen atoms in total. The van der Waals surface area contributed by atoms with Crippen molar-refractivity contribution in [2.75, 3.05) is 0 Å². The van der Waals surface area contributed by atoms with Crippen LogP contribution in [0.2, 0.25) is 0 Å². The van der Waals surface area contributed by atoms with E-state index in [1.165, 1.54) is 5.56 Å². The third kappa shape index (κ3) is 2.92. The van der Waals surface area contributed by atoms with Crippen molar-refractivity contribution in [2.45, 2.75) is 6.04 Å².